The summed E-state index contributed by atoms with van der Waals surface area (Å²) in [6.07, 6.45) is 2.05. The minimum absolute atomic E-state index is 0.0976. The normalized spacial score (nSPS) is 17.2. The average Bonchev–Trinajstić information content (AvgIpc) is 2.30. The maximum Gasteiger partial charge on any atom is 0.319 e. The maximum atomic E-state index is 11.9. The Labute approximate surface area is 115 Å². The van der Waals surface area contributed by atoms with E-state index in [0.29, 0.717) is 6.04 Å². The number of amides is 2. The van der Waals surface area contributed by atoms with Gasteiger partial charge in [-0.1, -0.05) is 6.07 Å². The van der Waals surface area contributed by atoms with Crippen LogP contribution in [0.2, 0.25) is 0 Å². The van der Waals surface area contributed by atoms with Crippen LogP contribution in [0.25, 0.3) is 0 Å². The van der Waals surface area contributed by atoms with Gasteiger partial charge in [-0.15, -0.1) is 0 Å². The minimum Gasteiger partial charge on any atom is -0.335 e. The van der Waals surface area contributed by atoms with Crippen LogP contribution in [0.3, 0.4) is 0 Å². The Kier molecular flexibility index (Phi) is 4.43. The summed E-state index contributed by atoms with van der Waals surface area (Å²) < 4.78 is 0. The number of piperidine rings is 1. The summed E-state index contributed by atoms with van der Waals surface area (Å²) in [6, 6.07) is 6.27. The van der Waals surface area contributed by atoms with E-state index in [-0.39, 0.29) is 6.03 Å². The fourth-order valence-corrected chi connectivity index (χ4v) is 2.55. The maximum absolute atomic E-state index is 11.9. The second-order valence-corrected chi connectivity index (χ2v) is 5.55. The molecule has 0 aromatic heterocycles. The van der Waals surface area contributed by atoms with Crippen LogP contribution in [-0.2, 0) is 0 Å². The monoisotopic (exact) mass is 261 g/mol. The van der Waals surface area contributed by atoms with Crippen molar-refractivity contribution < 1.29 is 4.79 Å². The first-order valence-electron chi connectivity index (χ1n) is 6.87. The molecule has 1 aromatic rings. The van der Waals surface area contributed by atoms with Crippen LogP contribution in [0.5, 0.6) is 0 Å². The Morgan fingerprint density at radius 1 is 1.16 bits per heavy atom. The first-order valence-corrected chi connectivity index (χ1v) is 6.87. The van der Waals surface area contributed by atoms with Crippen molar-refractivity contribution in [3.63, 3.8) is 0 Å². The summed E-state index contributed by atoms with van der Waals surface area (Å²) in [5.41, 5.74) is 3.19. The van der Waals surface area contributed by atoms with Crippen LogP contribution >= 0.6 is 0 Å². The summed E-state index contributed by atoms with van der Waals surface area (Å²) in [5, 5.41) is 5.97. The predicted octanol–water partition coefficient (Wildman–Crippen LogP) is 2.52. The number of rotatable bonds is 2. The molecular formula is C15H23N3O. The van der Waals surface area contributed by atoms with Crippen molar-refractivity contribution in [1.82, 2.24) is 10.2 Å². The third-order valence-electron chi connectivity index (χ3n) is 3.53. The van der Waals surface area contributed by atoms with Gasteiger partial charge < -0.3 is 15.5 Å². The molecule has 2 N–H and O–H groups in total. The molecule has 0 aliphatic carbocycles. The van der Waals surface area contributed by atoms with Crippen LogP contribution in [-0.4, -0.2) is 37.1 Å². The first kappa shape index (κ1) is 13.9. The second-order valence-electron chi connectivity index (χ2n) is 5.55. The van der Waals surface area contributed by atoms with Crippen molar-refractivity contribution in [2.24, 2.45) is 0 Å². The zero-order chi connectivity index (χ0) is 13.8. The van der Waals surface area contributed by atoms with E-state index in [2.05, 4.69) is 28.6 Å². The van der Waals surface area contributed by atoms with E-state index >= 15 is 0 Å². The lowest BCUT2D eigenvalue weighted by molar-refractivity contribution is 0.221. The fourth-order valence-electron chi connectivity index (χ4n) is 2.55. The molecule has 0 saturated carbocycles. The summed E-state index contributed by atoms with van der Waals surface area (Å²) in [4.78, 5) is 14.2. The van der Waals surface area contributed by atoms with E-state index in [1.165, 1.54) is 0 Å². The van der Waals surface area contributed by atoms with E-state index < -0.39 is 0 Å². The zero-order valence-corrected chi connectivity index (χ0v) is 12.0. The Bertz CT molecular complexity index is 430. The topological polar surface area (TPSA) is 44.4 Å². The molecule has 0 unspecified atom stereocenters. The van der Waals surface area contributed by atoms with Gasteiger partial charge in [0, 0.05) is 11.7 Å². The van der Waals surface area contributed by atoms with E-state index in [1.807, 2.05) is 26.0 Å². The molecule has 0 bridgehead atoms. The molecule has 1 aromatic carbocycles. The van der Waals surface area contributed by atoms with Crippen LogP contribution in [0.4, 0.5) is 10.5 Å². The van der Waals surface area contributed by atoms with Crippen LogP contribution in [0.1, 0.15) is 24.0 Å². The molecule has 2 rings (SSSR count). The molecule has 1 fully saturated rings. The largest absolute Gasteiger partial charge is 0.335 e. The number of hydrogen-bond acceptors (Lipinski definition) is 2. The Hall–Kier alpha value is -1.55. The highest BCUT2D eigenvalue weighted by molar-refractivity contribution is 5.89. The van der Waals surface area contributed by atoms with Crippen LogP contribution in [0.15, 0.2) is 18.2 Å². The number of carbonyl (C=O) groups is 1. The summed E-state index contributed by atoms with van der Waals surface area (Å²) >= 11 is 0. The standard InChI is InChI=1S/C15H23N3O/c1-11-8-12(2)10-14(9-11)17-15(19)16-13-4-6-18(3)7-5-13/h8-10,13H,4-7H2,1-3H3,(H2,16,17,19). The summed E-state index contributed by atoms with van der Waals surface area (Å²) in [6.45, 7) is 6.17. The van der Waals surface area contributed by atoms with Gasteiger partial charge in [-0.05, 0) is 70.1 Å². The van der Waals surface area contributed by atoms with Crippen molar-refractivity contribution in [3.05, 3.63) is 29.3 Å². The highest BCUT2D eigenvalue weighted by atomic mass is 16.2. The molecule has 1 aliphatic heterocycles. The van der Waals surface area contributed by atoms with Gasteiger partial charge in [0.15, 0.2) is 0 Å². The highest BCUT2D eigenvalue weighted by Gasteiger charge is 2.18. The molecule has 0 spiro atoms. The predicted molar refractivity (Wildman–Crippen MR) is 78.6 cm³/mol. The lowest BCUT2D eigenvalue weighted by Gasteiger charge is -2.29. The minimum atomic E-state index is -0.0976. The Morgan fingerprint density at radius 2 is 1.74 bits per heavy atom. The molecule has 0 radical (unpaired) electrons. The van der Waals surface area contributed by atoms with Crippen molar-refractivity contribution in [1.29, 1.82) is 0 Å². The molecule has 4 heteroatoms. The molecule has 2 amide bonds. The third-order valence-corrected chi connectivity index (χ3v) is 3.53. The SMILES string of the molecule is Cc1cc(C)cc(NC(=O)NC2CCN(C)CC2)c1. The average molecular weight is 261 g/mol. The van der Waals surface area contributed by atoms with E-state index in [9.17, 15) is 4.79 Å². The summed E-state index contributed by atoms with van der Waals surface area (Å²) in [5.74, 6) is 0. The number of hydrogen-bond donors (Lipinski definition) is 2. The van der Waals surface area contributed by atoms with Gasteiger partial charge in [-0.3, -0.25) is 0 Å². The van der Waals surface area contributed by atoms with Crippen LogP contribution in [0, 0.1) is 13.8 Å². The van der Waals surface area contributed by atoms with Crippen molar-refractivity contribution in [3.8, 4) is 0 Å². The van der Waals surface area contributed by atoms with E-state index in [4.69, 9.17) is 0 Å². The molecule has 4 nitrogen and oxygen atoms in total. The number of anilines is 1. The number of likely N-dealkylation sites (tertiary alicyclic amines) is 1. The van der Waals surface area contributed by atoms with Gasteiger partial charge in [0.25, 0.3) is 0 Å². The van der Waals surface area contributed by atoms with Crippen LogP contribution < -0.4 is 10.6 Å². The van der Waals surface area contributed by atoms with Gasteiger partial charge in [-0.2, -0.15) is 0 Å². The molecule has 1 saturated heterocycles. The lowest BCUT2D eigenvalue weighted by Crippen LogP contribution is -2.44. The van der Waals surface area contributed by atoms with Crippen molar-refractivity contribution in [2.75, 3.05) is 25.5 Å². The second kappa shape index (κ2) is 6.06. The van der Waals surface area contributed by atoms with Gasteiger partial charge in [0.2, 0.25) is 0 Å². The molecular weight excluding hydrogens is 238 g/mol. The van der Waals surface area contributed by atoms with Gasteiger partial charge >= 0.3 is 6.03 Å². The number of urea groups is 1. The molecule has 19 heavy (non-hydrogen) atoms. The Morgan fingerprint density at radius 3 is 2.32 bits per heavy atom. The smallest absolute Gasteiger partial charge is 0.319 e. The Balaban J connectivity index is 1.87. The van der Waals surface area contributed by atoms with Gasteiger partial charge in [0.05, 0.1) is 0 Å². The molecule has 1 heterocycles. The number of carbonyl (C=O) groups excluding carboxylic acids is 1. The fraction of sp³-hybridized carbons (Fsp3) is 0.533. The van der Waals surface area contributed by atoms with Gasteiger partial charge in [-0.25, -0.2) is 4.79 Å². The highest BCUT2D eigenvalue weighted by Crippen LogP contribution is 2.14. The molecule has 104 valence electrons. The van der Waals surface area contributed by atoms with E-state index in [1.54, 1.807) is 0 Å². The van der Waals surface area contributed by atoms with Crippen molar-refractivity contribution >= 4 is 11.7 Å². The number of nitrogens with zero attached hydrogens (tertiary/aromatic N) is 1. The summed E-state index contributed by atoms with van der Waals surface area (Å²) in [7, 11) is 2.12. The lowest BCUT2D eigenvalue weighted by atomic mass is 10.1. The van der Waals surface area contributed by atoms with Crippen molar-refractivity contribution in [2.45, 2.75) is 32.7 Å². The quantitative estimate of drug-likeness (QED) is 0.859. The zero-order valence-electron chi connectivity index (χ0n) is 12.0. The number of nitrogens with one attached hydrogen (secondary N) is 2. The third kappa shape index (κ3) is 4.24. The first-order chi connectivity index (χ1) is 9.02. The number of aryl methyl sites for hydroxylation is 2. The molecule has 0 atom stereocenters. The molecule has 1 aliphatic rings. The number of benzene rings is 1. The van der Waals surface area contributed by atoms with E-state index in [0.717, 1.165) is 42.7 Å². The van der Waals surface area contributed by atoms with Gasteiger partial charge in [0.1, 0.15) is 0 Å².